The molecule has 3 rings (SSSR count). The number of fused-ring (bicyclic) bond motifs is 1. The first-order valence-electron chi connectivity index (χ1n) is 6.22. The molecular formula is C13H19NOS. The Morgan fingerprint density at radius 3 is 3.12 bits per heavy atom. The van der Waals surface area contributed by atoms with Gasteiger partial charge in [-0.2, -0.15) is 0 Å². The molecule has 2 nitrogen and oxygen atoms in total. The monoisotopic (exact) mass is 237 g/mol. The Kier molecular flexibility index (Phi) is 3.01. The summed E-state index contributed by atoms with van der Waals surface area (Å²) < 4.78 is 5.32. The molecule has 88 valence electrons. The van der Waals surface area contributed by atoms with E-state index in [9.17, 15) is 0 Å². The predicted molar refractivity (Wildman–Crippen MR) is 67.0 cm³/mol. The first-order valence-corrected chi connectivity index (χ1v) is 7.10. The van der Waals surface area contributed by atoms with Gasteiger partial charge in [-0.3, -0.25) is 0 Å². The summed E-state index contributed by atoms with van der Waals surface area (Å²) in [5.74, 6) is 0. The molecule has 0 aliphatic heterocycles. The lowest BCUT2D eigenvalue weighted by Crippen LogP contribution is -2.46. The number of hydrogen-bond donors (Lipinski definition) is 1. The minimum atomic E-state index is 0.503. The van der Waals surface area contributed by atoms with Crippen LogP contribution in [0.15, 0.2) is 11.4 Å². The Bertz CT molecular complexity index is 357. The fourth-order valence-electron chi connectivity index (χ4n) is 2.84. The van der Waals surface area contributed by atoms with E-state index in [1.165, 1.54) is 32.1 Å². The van der Waals surface area contributed by atoms with E-state index >= 15 is 0 Å². The van der Waals surface area contributed by atoms with Crippen molar-refractivity contribution in [3.63, 3.8) is 0 Å². The summed E-state index contributed by atoms with van der Waals surface area (Å²) in [7, 11) is 1.82. The molecule has 1 fully saturated rings. The Balaban J connectivity index is 1.61. The Morgan fingerprint density at radius 2 is 2.31 bits per heavy atom. The van der Waals surface area contributed by atoms with Crippen LogP contribution in [0.5, 0.6) is 0 Å². The number of thiophene rings is 1. The van der Waals surface area contributed by atoms with Gasteiger partial charge in [-0.15, -0.1) is 11.3 Å². The number of methoxy groups -OCH3 is 1. The van der Waals surface area contributed by atoms with Crippen molar-refractivity contribution in [3.05, 3.63) is 21.9 Å². The van der Waals surface area contributed by atoms with Crippen molar-refractivity contribution < 1.29 is 4.74 Å². The van der Waals surface area contributed by atoms with Crippen molar-refractivity contribution in [1.82, 2.24) is 5.32 Å². The molecule has 2 aliphatic rings. The van der Waals surface area contributed by atoms with Crippen LogP contribution in [0.3, 0.4) is 0 Å². The highest BCUT2D eigenvalue weighted by molar-refractivity contribution is 7.10. The van der Waals surface area contributed by atoms with Crippen molar-refractivity contribution in [2.24, 2.45) is 0 Å². The van der Waals surface area contributed by atoms with Crippen LogP contribution in [0.2, 0.25) is 0 Å². The summed E-state index contributed by atoms with van der Waals surface area (Å²) in [5, 5.41) is 6.03. The maximum Gasteiger partial charge on any atom is 0.0601 e. The number of rotatable bonds is 3. The molecule has 0 saturated heterocycles. The van der Waals surface area contributed by atoms with Gasteiger partial charge in [0.05, 0.1) is 6.10 Å². The zero-order valence-corrected chi connectivity index (χ0v) is 10.6. The molecule has 1 atom stereocenters. The zero-order valence-electron chi connectivity index (χ0n) is 9.74. The van der Waals surface area contributed by atoms with Gasteiger partial charge in [-0.05, 0) is 49.1 Å². The van der Waals surface area contributed by atoms with E-state index in [1.807, 2.05) is 18.4 Å². The van der Waals surface area contributed by atoms with Crippen LogP contribution in [0.1, 0.15) is 42.2 Å². The SMILES string of the molecule is COC1CC(NC2CCCc3sccc32)C1. The lowest BCUT2D eigenvalue weighted by atomic mass is 9.86. The van der Waals surface area contributed by atoms with Crippen molar-refractivity contribution in [1.29, 1.82) is 0 Å². The molecule has 0 radical (unpaired) electrons. The van der Waals surface area contributed by atoms with Crippen LogP contribution >= 0.6 is 11.3 Å². The third kappa shape index (κ3) is 1.92. The normalized spacial score (nSPS) is 33.2. The number of hydrogen-bond acceptors (Lipinski definition) is 3. The fourth-order valence-corrected chi connectivity index (χ4v) is 3.83. The van der Waals surface area contributed by atoms with Crippen molar-refractivity contribution in [2.45, 2.75) is 50.3 Å². The van der Waals surface area contributed by atoms with Gasteiger partial charge in [0.25, 0.3) is 0 Å². The van der Waals surface area contributed by atoms with Crippen LogP contribution < -0.4 is 5.32 Å². The van der Waals surface area contributed by atoms with Gasteiger partial charge in [0, 0.05) is 24.1 Å². The van der Waals surface area contributed by atoms with Crippen LogP contribution in [0, 0.1) is 0 Å². The van der Waals surface area contributed by atoms with Crippen molar-refractivity contribution in [2.75, 3.05) is 7.11 Å². The van der Waals surface area contributed by atoms with Crippen molar-refractivity contribution in [3.8, 4) is 0 Å². The summed E-state index contributed by atoms with van der Waals surface area (Å²) in [5.41, 5.74) is 1.57. The smallest absolute Gasteiger partial charge is 0.0601 e. The second kappa shape index (κ2) is 4.47. The molecule has 0 amide bonds. The van der Waals surface area contributed by atoms with Gasteiger partial charge >= 0.3 is 0 Å². The zero-order chi connectivity index (χ0) is 11.0. The summed E-state index contributed by atoms with van der Waals surface area (Å²) in [4.78, 5) is 1.60. The van der Waals surface area contributed by atoms with Gasteiger partial charge in [-0.25, -0.2) is 0 Å². The van der Waals surface area contributed by atoms with E-state index in [0.29, 0.717) is 18.2 Å². The Labute approximate surface area is 101 Å². The van der Waals surface area contributed by atoms with Crippen LogP contribution in [0.25, 0.3) is 0 Å². The van der Waals surface area contributed by atoms with Gasteiger partial charge < -0.3 is 10.1 Å². The molecule has 16 heavy (non-hydrogen) atoms. The van der Waals surface area contributed by atoms with Gasteiger partial charge in [0.2, 0.25) is 0 Å². The fraction of sp³-hybridized carbons (Fsp3) is 0.692. The average molecular weight is 237 g/mol. The van der Waals surface area contributed by atoms with Crippen LogP contribution in [-0.4, -0.2) is 19.3 Å². The highest BCUT2D eigenvalue weighted by Gasteiger charge is 2.32. The largest absolute Gasteiger partial charge is 0.381 e. The lowest BCUT2D eigenvalue weighted by Gasteiger charge is -2.38. The predicted octanol–water partition coefficient (Wildman–Crippen LogP) is 2.89. The molecule has 2 aliphatic carbocycles. The molecule has 1 unspecified atom stereocenters. The van der Waals surface area contributed by atoms with E-state index < -0.39 is 0 Å². The van der Waals surface area contributed by atoms with Gasteiger partial charge in [0.15, 0.2) is 0 Å². The first kappa shape index (κ1) is 10.8. The highest BCUT2D eigenvalue weighted by atomic mass is 32.1. The van der Waals surface area contributed by atoms with E-state index in [1.54, 1.807) is 10.4 Å². The molecule has 1 N–H and O–H groups in total. The standard InChI is InChI=1S/C13H19NOS/c1-15-10-7-9(8-10)14-12-3-2-4-13-11(12)5-6-16-13/h5-6,9-10,12,14H,2-4,7-8H2,1H3. The van der Waals surface area contributed by atoms with Crippen molar-refractivity contribution >= 4 is 11.3 Å². The maximum atomic E-state index is 5.32. The van der Waals surface area contributed by atoms with Gasteiger partial charge in [0.1, 0.15) is 0 Å². The molecule has 0 bridgehead atoms. The first-order chi connectivity index (χ1) is 7.86. The second-order valence-corrected chi connectivity index (χ2v) is 5.94. The number of aryl methyl sites for hydroxylation is 1. The summed E-state index contributed by atoms with van der Waals surface area (Å²) in [6.07, 6.45) is 6.81. The second-order valence-electron chi connectivity index (χ2n) is 4.94. The molecule has 0 spiro atoms. The molecular weight excluding hydrogens is 218 g/mol. The van der Waals surface area contributed by atoms with E-state index in [2.05, 4.69) is 16.8 Å². The highest BCUT2D eigenvalue weighted by Crippen LogP contribution is 2.35. The van der Waals surface area contributed by atoms with E-state index in [0.717, 1.165) is 0 Å². The van der Waals surface area contributed by atoms with E-state index in [-0.39, 0.29) is 0 Å². The third-order valence-corrected chi connectivity index (χ3v) is 4.91. The summed E-state index contributed by atoms with van der Waals surface area (Å²) in [6, 6.07) is 3.60. The maximum absolute atomic E-state index is 5.32. The quantitative estimate of drug-likeness (QED) is 0.873. The molecule has 1 heterocycles. The number of ether oxygens (including phenoxy) is 1. The minimum Gasteiger partial charge on any atom is -0.381 e. The minimum absolute atomic E-state index is 0.503. The molecule has 0 aromatic carbocycles. The molecule has 3 heteroatoms. The summed E-state index contributed by atoms with van der Waals surface area (Å²) in [6.45, 7) is 0. The average Bonchev–Trinajstić information content (AvgIpc) is 2.71. The molecule has 1 aromatic heterocycles. The Morgan fingerprint density at radius 1 is 1.44 bits per heavy atom. The summed E-state index contributed by atoms with van der Waals surface area (Å²) >= 11 is 1.92. The third-order valence-electron chi connectivity index (χ3n) is 3.92. The Hall–Kier alpha value is -0.380. The van der Waals surface area contributed by atoms with E-state index in [4.69, 9.17) is 4.74 Å². The lowest BCUT2D eigenvalue weighted by molar-refractivity contribution is 0.0135. The molecule has 1 aromatic rings. The van der Waals surface area contributed by atoms with Crippen LogP contribution in [0.4, 0.5) is 0 Å². The topological polar surface area (TPSA) is 21.3 Å². The number of nitrogens with one attached hydrogen (secondary N) is 1. The van der Waals surface area contributed by atoms with Crippen LogP contribution in [-0.2, 0) is 11.2 Å². The van der Waals surface area contributed by atoms with Gasteiger partial charge in [-0.1, -0.05) is 0 Å². The molecule has 1 saturated carbocycles.